The van der Waals surface area contributed by atoms with Crippen LogP contribution in [0.2, 0.25) is 5.02 Å². The first-order valence-corrected chi connectivity index (χ1v) is 6.44. The second-order valence-corrected chi connectivity index (χ2v) is 5.46. The first-order chi connectivity index (χ1) is 8.55. The second kappa shape index (κ2) is 4.99. The molecule has 0 unspecified atom stereocenters. The standard InChI is InChI=1S/C14H15ClN2O/c1-14(6-2-3-7-14)13(18)17-12-8-11(15)5-4-10(12)9-16/h4-5,8H,2-3,6-7H2,1H3,(H,17,18). The summed E-state index contributed by atoms with van der Waals surface area (Å²) in [5.74, 6) is -0.0150. The van der Waals surface area contributed by atoms with Gasteiger partial charge in [-0.15, -0.1) is 0 Å². The lowest BCUT2D eigenvalue weighted by molar-refractivity contribution is -0.124. The van der Waals surface area contributed by atoms with E-state index in [-0.39, 0.29) is 11.3 Å². The van der Waals surface area contributed by atoms with Crippen LogP contribution in [-0.2, 0) is 4.79 Å². The lowest BCUT2D eigenvalue weighted by Gasteiger charge is -2.22. The minimum Gasteiger partial charge on any atom is -0.324 e. The molecule has 0 aromatic heterocycles. The summed E-state index contributed by atoms with van der Waals surface area (Å²) in [4.78, 5) is 12.3. The minimum absolute atomic E-state index is 0.0150. The Kier molecular flexibility index (Phi) is 3.58. The van der Waals surface area contributed by atoms with Crippen molar-refractivity contribution in [1.82, 2.24) is 0 Å². The van der Waals surface area contributed by atoms with Crippen LogP contribution in [0, 0.1) is 16.7 Å². The molecule has 3 nitrogen and oxygen atoms in total. The zero-order valence-electron chi connectivity index (χ0n) is 10.3. The molecule has 0 radical (unpaired) electrons. The zero-order chi connectivity index (χ0) is 13.2. The molecule has 1 aromatic carbocycles. The first kappa shape index (κ1) is 12.9. The van der Waals surface area contributed by atoms with Gasteiger partial charge in [0, 0.05) is 10.4 Å². The van der Waals surface area contributed by atoms with Crippen molar-refractivity contribution in [2.75, 3.05) is 5.32 Å². The Labute approximate surface area is 112 Å². The molecule has 0 aliphatic heterocycles. The highest BCUT2D eigenvalue weighted by Crippen LogP contribution is 2.38. The maximum atomic E-state index is 12.3. The molecule has 1 saturated carbocycles. The largest absolute Gasteiger partial charge is 0.324 e. The molecule has 4 heteroatoms. The molecule has 1 aromatic rings. The third kappa shape index (κ3) is 2.49. The summed E-state index contributed by atoms with van der Waals surface area (Å²) in [7, 11) is 0. The van der Waals surface area contributed by atoms with Gasteiger partial charge in [0.25, 0.3) is 0 Å². The number of carbonyl (C=O) groups excluding carboxylic acids is 1. The van der Waals surface area contributed by atoms with Gasteiger partial charge in [-0.25, -0.2) is 0 Å². The lowest BCUT2D eigenvalue weighted by Crippen LogP contribution is -2.31. The lowest BCUT2D eigenvalue weighted by atomic mass is 9.87. The van der Waals surface area contributed by atoms with Gasteiger partial charge in [-0.2, -0.15) is 5.26 Å². The molecular weight excluding hydrogens is 248 g/mol. The molecule has 1 aliphatic rings. The van der Waals surface area contributed by atoms with Crippen LogP contribution in [-0.4, -0.2) is 5.91 Å². The number of rotatable bonds is 2. The normalized spacial score (nSPS) is 17.2. The van der Waals surface area contributed by atoms with E-state index in [1.165, 1.54) is 0 Å². The predicted octanol–water partition coefficient (Wildman–Crippen LogP) is 3.73. The number of nitriles is 1. The summed E-state index contributed by atoms with van der Waals surface area (Å²) < 4.78 is 0. The summed E-state index contributed by atoms with van der Waals surface area (Å²) >= 11 is 5.89. The number of anilines is 1. The van der Waals surface area contributed by atoms with Gasteiger partial charge in [-0.1, -0.05) is 31.4 Å². The number of nitrogens with zero attached hydrogens (tertiary/aromatic N) is 1. The summed E-state index contributed by atoms with van der Waals surface area (Å²) in [6.07, 6.45) is 3.98. The van der Waals surface area contributed by atoms with Gasteiger partial charge in [0.15, 0.2) is 0 Å². The Bertz CT molecular complexity index is 513. The maximum absolute atomic E-state index is 12.3. The highest BCUT2D eigenvalue weighted by atomic mass is 35.5. The molecule has 18 heavy (non-hydrogen) atoms. The van der Waals surface area contributed by atoms with E-state index in [0.29, 0.717) is 16.3 Å². The number of hydrogen-bond acceptors (Lipinski definition) is 2. The molecule has 1 fully saturated rings. The number of hydrogen-bond donors (Lipinski definition) is 1. The van der Waals surface area contributed by atoms with Gasteiger partial charge >= 0.3 is 0 Å². The number of benzene rings is 1. The fourth-order valence-corrected chi connectivity index (χ4v) is 2.55. The maximum Gasteiger partial charge on any atom is 0.230 e. The van der Waals surface area contributed by atoms with E-state index in [1.807, 2.05) is 6.92 Å². The highest BCUT2D eigenvalue weighted by molar-refractivity contribution is 6.31. The Morgan fingerprint density at radius 3 is 2.72 bits per heavy atom. The molecule has 2 rings (SSSR count). The average Bonchev–Trinajstić information content (AvgIpc) is 2.78. The van der Waals surface area contributed by atoms with E-state index in [9.17, 15) is 4.79 Å². The molecule has 94 valence electrons. The molecule has 1 aliphatic carbocycles. The van der Waals surface area contributed by atoms with E-state index in [0.717, 1.165) is 25.7 Å². The van der Waals surface area contributed by atoms with Crippen molar-refractivity contribution in [3.63, 3.8) is 0 Å². The molecule has 1 amide bonds. The van der Waals surface area contributed by atoms with Crippen LogP contribution in [0.3, 0.4) is 0 Å². The predicted molar refractivity (Wildman–Crippen MR) is 71.4 cm³/mol. The Morgan fingerprint density at radius 2 is 2.11 bits per heavy atom. The molecular formula is C14H15ClN2O. The van der Waals surface area contributed by atoms with Crippen LogP contribution in [0.4, 0.5) is 5.69 Å². The summed E-state index contributed by atoms with van der Waals surface area (Å²) in [6, 6.07) is 6.95. The molecule has 1 N–H and O–H groups in total. The smallest absolute Gasteiger partial charge is 0.230 e. The van der Waals surface area contributed by atoms with Crippen molar-refractivity contribution in [3.8, 4) is 6.07 Å². The Balaban J connectivity index is 2.21. The molecule has 0 heterocycles. The number of carbonyl (C=O) groups is 1. The Hall–Kier alpha value is -1.53. The Morgan fingerprint density at radius 1 is 1.44 bits per heavy atom. The van der Waals surface area contributed by atoms with E-state index in [4.69, 9.17) is 16.9 Å². The number of halogens is 1. The van der Waals surface area contributed by atoms with Crippen LogP contribution in [0.5, 0.6) is 0 Å². The molecule has 0 saturated heterocycles. The number of nitrogens with one attached hydrogen (secondary N) is 1. The van der Waals surface area contributed by atoms with Crippen LogP contribution >= 0.6 is 11.6 Å². The highest BCUT2D eigenvalue weighted by Gasteiger charge is 2.36. The summed E-state index contributed by atoms with van der Waals surface area (Å²) in [5.41, 5.74) is 0.632. The topological polar surface area (TPSA) is 52.9 Å². The minimum atomic E-state index is -0.310. The van der Waals surface area contributed by atoms with Gasteiger partial charge in [0.1, 0.15) is 6.07 Å². The van der Waals surface area contributed by atoms with Gasteiger partial charge in [0.2, 0.25) is 5.91 Å². The van der Waals surface area contributed by atoms with Gasteiger partial charge < -0.3 is 5.32 Å². The molecule has 0 atom stereocenters. The fraction of sp³-hybridized carbons (Fsp3) is 0.429. The summed E-state index contributed by atoms with van der Waals surface area (Å²) in [5, 5.41) is 12.4. The van der Waals surface area contributed by atoms with E-state index < -0.39 is 0 Å². The number of amides is 1. The average molecular weight is 263 g/mol. The fourth-order valence-electron chi connectivity index (χ4n) is 2.37. The van der Waals surface area contributed by atoms with Crippen molar-refractivity contribution in [2.24, 2.45) is 5.41 Å². The van der Waals surface area contributed by atoms with Crippen molar-refractivity contribution in [2.45, 2.75) is 32.6 Å². The monoisotopic (exact) mass is 262 g/mol. The van der Waals surface area contributed by atoms with Crippen LogP contribution in [0.1, 0.15) is 38.2 Å². The molecule has 0 spiro atoms. The van der Waals surface area contributed by atoms with Gasteiger partial charge in [-0.05, 0) is 31.0 Å². The van der Waals surface area contributed by atoms with E-state index in [1.54, 1.807) is 18.2 Å². The third-order valence-electron chi connectivity index (χ3n) is 3.61. The van der Waals surface area contributed by atoms with Crippen LogP contribution in [0.15, 0.2) is 18.2 Å². The second-order valence-electron chi connectivity index (χ2n) is 5.02. The zero-order valence-corrected chi connectivity index (χ0v) is 11.0. The van der Waals surface area contributed by atoms with E-state index >= 15 is 0 Å². The summed E-state index contributed by atoms with van der Waals surface area (Å²) in [6.45, 7) is 1.98. The van der Waals surface area contributed by atoms with Crippen molar-refractivity contribution < 1.29 is 4.79 Å². The van der Waals surface area contributed by atoms with Gasteiger partial charge in [0.05, 0.1) is 11.3 Å². The quantitative estimate of drug-likeness (QED) is 0.883. The van der Waals surface area contributed by atoms with Crippen LogP contribution < -0.4 is 5.32 Å². The van der Waals surface area contributed by atoms with Crippen molar-refractivity contribution in [3.05, 3.63) is 28.8 Å². The van der Waals surface area contributed by atoms with Crippen molar-refractivity contribution >= 4 is 23.2 Å². The van der Waals surface area contributed by atoms with Crippen LogP contribution in [0.25, 0.3) is 0 Å². The molecule has 0 bridgehead atoms. The first-order valence-electron chi connectivity index (χ1n) is 6.06. The SMILES string of the molecule is CC1(C(=O)Nc2cc(Cl)ccc2C#N)CCCC1. The third-order valence-corrected chi connectivity index (χ3v) is 3.84. The van der Waals surface area contributed by atoms with E-state index in [2.05, 4.69) is 11.4 Å². The van der Waals surface area contributed by atoms with Crippen molar-refractivity contribution in [1.29, 1.82) is 5.26 Å². The van der Waals surface area contributed by atoms with Gasteiger partial charge in [-0.3, -0.25) is 4.79 Å².